The van der Waals surface area contributed by atoms with E-state index in [0.29, 0.717) is 6.54 Å². The maximum atomic E-state index is 12.3. The van der Waals surface area contributed by atoms with Crippen LogP contribution < -0.4 is 10.2 Å². The predicted octanol–water partition coefficient (Wildman–Crippen LogP) is 1.35. The summed E-state index contributed by atoms with van der Waals surface area (Å²) in [5.41, 5.74) is 2.98. The Labute approximate surface area is 155 Å². The van der Waals surface area contributed by atoms with Crippen molar-refractivity contribution >= 4 is 11.7 Å². The highest BCUT2D eigenvalue weighted by atomic mass is 16.2. The fraction of sp³-hybridized carbons (Fsp3) is 0.526. The smallest absolute Gasteiger partial charge is 0.242 e. The molecule has 3 heterocycles. The highest BCUT2D eigenvalue weighted by molar-refractivity contribution is 5.75. The van der Waals surface area contributed by atoms with Crippen molar-refractivity contribution in [3.63, 3.8) is 0 Å². The van der Waals surface area contributed by atoms with E-state index in [1.807, 2.05) is 38.2 Å². The molecule has 140 valence electrons. The highest BCUT2D eigenvalue weighted by Gasteiger charge is 2.17. The predicted molar refractivity (Wildman–Crippen MR) is 102 cm³/mol. The van der Waals surface area contributed by atoms with Crippen molar-refractivity contribution in [2.75, 3.05) is 38.1 Å². The molecule has 1 amide bonds. The maximum Gasteiger partial charge on any atom is 0.242 e. The van der Waals surface area contributed by atoms with E-state index in [1.54, 1.807) is 4.68 Å². The van der Waals surface area contributed by atoms with E-state index >= 15 is 0 Å². The van der Waals surface area contributed by atoms with E-state index in [2.05, 4.69) is 32.2 Å². The van der Waals surface area contributed by atoms with E-state index in [4.69, 9.17) is 0 Å². The van der Waals surface area contributed by atoms with Crippen LogP contribution in [0.5, 0.6) is 0 Å². The number of likely N-dealkylation sites (N-methyl/N-ethyl adjacent to an activating group) is 1. The van der Waals surface area contributed by atoms with Gasteiger partial charge in [-0.15, -0.1) is 0 Å². The number of aromatic nitrogens is 3. The number of nitrogens with one attached hydrogen (secondary N) is 1. The van der Waals surface area contributed by atoms with Crippen molar-refractivity contribution in [1.29, 1.82) is 0 Å². The minimum absolute atomic E-state index is 0.0402. The van der Waals surface area contributed by atoms with Gasteiger partial charge in [0.25, 0.3) is 0 Å². The number of carbonyl (C=O) groups is 1. The summed E-state index contributed by atoms with van der Waals surface area (Å²) in [5, 5.41) is 7.36. The number of amides is 1. The molecule has 0 aliphatic carbocycles. The van der Waals surface area contributed by atoms with Gasteiger partial charge in [0.1, 0.15) is 12.4 Å². The first-order valence-corrected chi connectivity index (χ1v) is 9.18. The van der Waals surface area contributed by atoms with E-state index in [-0.39, 0.29) is 12.5 Å². The van der Waals surface area contributed by atoms with Gasteiger partial charge < -0.3 is 15.1 Å². The molecule has 1 aliphatic rings. The molecule has 7 nitrogen and oxygen atoms in total. The molecule has 3 rings (SSSR count). The van der Waals surface area contributed by atoms with Gasteiger partial charge in [0, 0.05) is 43.6 Å². The molecule has 2 aromatic heterocycles. The normalized spacial score (nSPS) is 15.7. The molecule has 0 aromatic carbocycles. The first-order chi connectivity index (χ1) is 12.5. The molecule has 0 atom stereocenters. The van der Waals surface area contributed by atoms with Crippen molar-refractivity contribution in [3.05, 3.63) is 41.3 Å². The zero-order chi connectivity index (χ0) is 18.5. The Hall–Kier alpha value is -2.41. The second-order valence-corrected chi connectivity index (χ2v) is 6.99. The van der Waals surface area contributed by atoms with Gasteiger partial charge in [-0.25, -0.2) is 4.98 Å². The minimum atomic E-state index is -0.0402. The molecule has 0 radical (unpaired) electrons. The Morgan fingerprint density at radius 3 is 2.85 bits per heavy atom. The van der Waals surface area contributed by atoms with Gasteiger partial charge in [-0.05, 0) is 46.0 Å². The van der Waals surface area contributed by atoms with Crippen LogP contribution in [0.15, 0.2) is 24.4 Å². The number of pyridine rings is 1. The van der Waals surface area contributed by atoms with Crippen molar-refractivity contribution in [1.82, 2.24) is 25.0 Å². The first kappa shape index (κ1) is 18.4. The largest absolute Gasteiger partial charge is 0.355 e. The van der Waals surface area contributed by atoms with Gasteiger partial charge in [0.2, 0.25) is 5.91 Å². The molecular formula is C19H28N6O. The van der Waals surface area contributed by atoms with E-state index in [0.717, 1.165) is 55.4 Å². The molecule has 0 saturated carbocycles. The summed E-state index contributed by atoms with van der Waals surface area (Å²) in [7, 11) is 2.15. The Morgan fingerprint density at radius 2 is 2.08 bits per heavy atom. The molecule has 0 bridgehead atoms. The SMILES string of the molecule is Cc1cc(C)n(CC(=O)NCc2cccnc2N2CCCN(C)CC2)n1. The topological polar surface area (TPSA) is 66.3 Å². The fourth-order valence-electron chi connectivity index (χ4n) is 3.33. The third-order valence-electron chi connectivity index (χ3n) is 4.76. The van der Waals surface area contributed by atoms with Crippen LogP contribution in [-0.2, 0) is 17.9 Å². The number of carbonyl (C=O) groups excluding carboxylic acids is 1. The van der Waals surface area contributed by atoms with Crippen LogP contribution >= 0.6 is 0 Å². The Morgan fingerprint density at radius 1 is 1.23 bits per heavy atom. The number of aryl methyl sites for hydroxylation is 2. The third kappa shape index (κ3) is 4.60. The standard InChI is InChI=1S/C19H28N6O/c1-15-12-16(2)25(22-15)14-18(26)21-13-17-6-4-7-20-19(17)24-9-5-8-23(3)10-11-24/h4,6-7,12H,5,8-11,13-14H2,1-3H3,(H,21,26). The van der Waals surface area contributed by atoms with E-state index < -0.39 is 0 Å². The minimum Gasteiger partial charge on any atom is -0.355 e. The maximum absolute atomic E-state index is 12.3. The molecule has 1 saturated heterocycles. The summed E-state index contributed by atoms with van der Waals surface area (Å²) in [5.74, 6) is 0.941. The van der Waals surface area contributed by atoms with Gasteiger partial charge in [0.05, 0.1) is 5.69 Å². The van der Waals surface area contributed by atoms with Crippen LogP contribution in [0.4, 0.5) is 5.82 Å². The number of hydrogen-bond donors (Lipinski definition) is 1. The number of rotatable bonds is 5. The molecule has 0 spiro atoms. The summed E-state index contributed by atoms with van der Waals surface area (Å²) in [6.07, 6.45) is 2.95. The average molecular weight is 356 g/mol. The lowest BCUT2D eigenvalue weighted by Crippen LogP contribution is -2.32. The van der Waals surface area contributed by atoms with E-state index in [1.165, 1.54) is 0 Å². The molecule has 1 N–H and O–H groups in total. The first-order valence-electron chi connectivity index (χ1n) is 9.18. The van der Waals surface area contributed by atoms with Crippen LogP contribution in [0.25, 0.3) is 0 Å². The van der Waals surface area contributed by atoms with E-state index in [9.17, 15) is 4.79 Å². The zero-order valence-corrected chi connectivity index (χ0v) is 15.9. The van der Waals surface area contributed by atoms with Crippen molar-refractivity contribution < 1.29 is 4.79 Å². The van der Waals surface area contributed by atoms with Gasteiger partial charge in [0.15, 0.2) is 0 Å². The summed E-state index contributed by atoms with van der Waals surface area (Å²) >= 11 is 0. The van der Waals surface area contributed by atoms with Crippen LogP contribution in [0, 0.1) is 13.8 Å². The average Bonchev–Trinajstić information content (AvgIpc) is 2.80. The third-order valence-corrected chi connectivity index (χ3v) is 4.76. The second-order valence-electron chi connectivity index (χ2n) is 6.99. The Kier molecular flexibility index (Phi) is 5.88. The number of nitrogens with zero attached hydrogens (tertiary/aromatic N) is 5. The van der Waals surface area contributed by atoms with Gasteiger partial charge in [-0.1, -0.05) is 6.07 Å². The van der Waals surface area contributed by atoms with Crippen LogP contribution in [0.3, 0.4) is 0 Å². The molecular weight excluding hydrogens is 328 g/mol. The Bertz CT molecular complexity index is 756. The lowest BCUT2D eigenvalue weighted by Gasteiger charge is -2.24. The van der Waals surface area contributed by atoms with Crippen molar-refractivity contribution in [3.8, 4) is 0 Å². The lowest BCUT2D eigenvalue weighted by molar-refractivity contribution is -0.122. The van der Waals surface area contributed by atoms with Gasteiger partial charge in [-0.2, -0.15) is 5.10 Å². The highest BCUT2D eigenvalue weighted by Crippen LogP contribution is 2.18. The monoisotopic (exact) mass is 356 g/mol. The van der Waals surface area contributed by atoms with Crippen molar-refractivity contribution in [2.45, 2.75) is 33.4 Å². The fourth-order valence-corrected chi connectivity index (χ4v) is 3.33. The van der Waals surface area contributed by atoms with Crippen LogP contribution in [0.2, 0.25) is 0 Å². The quantitative estimate of drug-likeness (QED) is 0.876. The summed E-state index contributed by atoms with van der Waals surface area (Å²) in [4.78, 5) is 21.6. The molecule has 0 unspecified atom stereocenters. The summed E-state index contributed by atoms with van der Waals surface area (Å²) in [6.45, 7) is 8.70. The van der Waals surface area contributed by atoms with Gasteiger partial charge >= 0.3 is 0 Å². The van der Waals surface area contributed by atoms with Crippen LogP contribution in [-0.4, -0.2) is 58.8 Å². The summed E-state index contributed by atoms with van der Waals surface area (Å²) in [6, 6.07) is 5.94. The number of anilines is 1. The molecule has 2 aromatic rings. The van der Waals surface area contributed by atoms with Gasteiger partial charge in [-0.3, -0.25) is 9.48 Å². The molecule has 7 heteroatoms. The second kappa shape index (κ2) is 8.31. The zero-order valence-electron chi connectivity index (χ0n) is 15.9. The molecule has 1 aliphatic heterocycles. The Balaban J connectivity index is 1.63. The molecule has 1 fully saturated rings. The lowest BCUT2D eigenvalue weighted by atomic mass is 10.2. The summed E-state index contributed by atoms with van der Waals surface area (Å²) < 4.78 is 1.74. The van der Waals surface area contributed by atoms with Crippen LogP contribution in [0.1, 0.15) is 23.4 Å². The molecule has 26 heavy (non-hydrogen) atoms. The number of hydrogen-bond acceptors (Lipinski definition) is 5. The van der Waals surface area contributed by atoms with Crippen molar-refractivity contribution in [2.24, 2.45) is 0 Å².